The number of hydrogen-bond donors (Lipinski definition) is 1. The Kier molecular flexibility index (Phi) is 3.01. The molecule has 2 atom stereocenters. The zero-order chi connectivity index (χ0) is 16.2. The third-order valence-electron chi connectivity index (χ3n) is 5.01. The van der Waals surface area contributed by atoms with Crippen molar-refractivity contribution in [3.63, 3.8) is 0 Å². The molecule has 2 saturated heterocycles. The lowest BCUT2D eigenvalue weighted by Crippen LogP contribution is -2.49. The van der Waals surface area contributed by atoms with Gasteiger partial charge in [-0.1, -0.05) is 0 Å². The summed E-state index contributed by atoms with van der Waals surface area (Å²) in [5, 5.41) is 19.2. The molecule has 1 N–H and O–H groups in total. The number of benzene rings is 1. The van der Waals surface area contributed by atoms with Gasteiger partial charge in [0.1, 0.15) is 5.54 Å². The summed E-state index contributed by atoms with van der Waals surface area (Å²) in [6.07, 6.45) is -0.443. The van der Waals surface area contributed by atoms with Crippen LogP contribution in [0.4, 0.5) is 10.5 Å². The number of hydrogen-bond acceptors (Lipinski definition) is 4. The zero-order valence-corrected chi connectivity index (χ0v) is 12.8. The number of urea groups is 1. The van der Waals surface area contributed by atoms with Crippen molar-refractivity contribution < 1.29 is 14.7 Å². The third kappa shape index (κ3) is 1.57. The molecule has 1 unspecified atom stereocenters. The summed E-state index contributed by atoms with van der Waals surface area (Å²) in [7, 11) is 0. The lowest BCUT2D eigenvalue weighted by molar-refractivity contribution is -0.126. The Morgan fingerprint density at radius 1 is 1.32 bits per heavy atom. The van der Waals surface area contributed by atoms with E-state index in [0.717, 1.165) is 16.0 Å². The van der Waals surface area contributed by atoms with Crippen molar-refractivity contribution in [3.8, 4) is 6.07 Å². The first-order valence-electron chi connectivity index (χ1n) is 7.18. The minimum absolute atomic E-state index is 0.368. The number of nitriles is 1. The number of carbonyl (C=O) groups is 2. The molecule has 114 valence electrons. The maximum Gasteiger partial charge on any atom is 0.332 e. The predicted octanol–water partition coefficient (Wildman–Crippen LogP) is 1.47. The van der Waals surface area contributed by atoms with Crippen LogP contribution >= 0.6 is 0 Å². The van der Waals surface area contributed by atoms with Crippen molar-refractivity contribution in [1.82, 2.24) is 4.90 Å². The first-order chi connectivity index (χ1) is 10.3. The van der Waals surface area contributed by atoms with Crippen molar-refractivity contribution in [2.75, 3.05) is 11.4 Å². The molecule has 0 aromatic heterocycles. The molecule has 22 heavy (non-hydrogen) atoms. The second kappa shape index (κ2) is 4.55. The monoisotopic (exact) mass is 299 g/mol. The number of imide groups is 1. The minimum atomic E-state index is -1.19. The first kappa shape index (κ1) is 14.5. The summed E-state index contributed by atoms with van der Waals surface area (Å²) in [6.45, 7) is 5.55. The summed E-state index contributed by atoms with van der Waals surface area (Å²) in [5.41, 5.74) is 1.28. The van der Waals surface area contributed by atoms with Crippen molar-refractivity contribution in [3.05, 3.63) is 28.8 Å². The van der Waals surface area contributed by atoms with E-state index in [-0.39, 0.29) is 0 Å². The van der Waals surface area contributed by atoms with Gasteiger partial charge in [0.15, 0.2) is 0 Å². The lowest BCUT2D eigenvalue weighted by Gasteiger charge is -2.26. The minimum Gasteiger partial charge on any atom is -0.390 e. The first-order valence-corrected chi connectivity index (χ1v) is 7.18. The second-order valence-electron chi connectivity index (χ2n) is 6.02. The maximum atomic E-state index is 12.8. The fourth-order valence-corrected chi connectivity index (χ4v) is 3.31. The Labute approximate surface area is 128 Å². The van der Waals surface area contributed by atoms with Crippen molar-refractivity contribution in [1.29, 1.82) is 5.26 Å². The highest BCUT2D eigenvalue weighted by molar-refractivity contribution is 6.24. The van der Waals surface area contributed by atoms with Crippen LogP contribution in [0.2, 0.25) is 0 Å². The quantitative estimate of drug-likeness (QED) is 0.796. The van der Waals surface area contributed by atoms with E-state index < -0.39 is 23.6 Å². The highest BCUT2D eigenvalue weighted by Crippen LogP contribution is 2.41. The Morgan fingerprint density at radius 2 is 2.00 bits per heavy atom. The molecule has 0 aliphatic carbocycles. The van der Waals surface area contributed by atoms with Crippen LogP contribution in [-0.2, 0) is 4.79 Å². The Bertz CT molecular complexity index is 737. The normalized spacial score (nSPS) is 27.3. The van der Waals surface area contributed by atoms with Crippen LogP contribution in [0.25, 0.3) is 0 Å². The van der Waals surface area contributed by atoms with Gasteiger partial charge in [-0.15, -0.1) is 0 Å². The lowest BCUT2D eigenvalue weighted by atomic mass is 9.95. The third-order valence-corrected chi connectivity index (χ3v) is 5.01. The molecule has 0 saturated carbocycles. The molecule has 6 heteroatoms. The van der Waals surface area contributed by atoms with E-state index in [2.05, 4.69) is 6.07 Å². The van der Waals surface area contributed by atoms with Gasteiger partial charge >= 0.3 is 6.03 Å². The molecule has 3 amide bonds. The van der Waals surface area contributed by atoms with Crippen molar-refractivity contribution in [2.24, 2.45) is 0 Å². The Balaban J connectivity index is 2.12. The fraction of sp³-hybridized carbons (Fsp3) is 0.438. The van der Waals surface area contributed by atoms with Gasteiger partial charge in [-0.2, -0.15) is 5.26 Å². The summed E-state index contributed by atoms with van der Waals surface area (Å²) < 4.78 is 0. The average molecular weight is 299 g/mol. The van der Waals surface area contributed by atoms with Crippen LogP contribution < -0.4 is 4.90 Å². The molecule has 6 nitrogen and oxygen atoms in total. The summed E-state index contributed by atoms with van der Waals surface area (Å²) >= 11 is 0. The van der Waals surface area contributed by atoms with Crippen molar-refractivity contribution >= 4 is 17.6 Å². The smallest absolute Gasteiger partial charge is 0.332 e. The van der Waals surface area contributed by atoms with E-state index in [4.69, 9.17) is 5.26 Å². The van der Waals surface area contributed by atoms with Gasteiger partial charge < -0.3 is 10.0 Å². The van der Waals surface area contributed by atoms with Gasteiger partial charge in [0.25, 0.3) is 5.91 Å². The SMILES string of the molecule is Cc1c(C#N)ccc(N2C(=O)N3CC[C@H](O)C3(C)C2=O)c1C. The van der Waals surface area contributed by atoms with Gasteiger partial charge in [-0.3, -0.25) is 4.79 Å². The van der Waals surface area contributed by atoms with E-state index in [9.17, 15) is 14.7 Å². The number of aliphatic hydroxyl groups excluding tert-OH is 1. The van der Waals surface area contributed by atoms with Crippen LogP contribution in [0.15, 0.2) is 12.1 Å². The van der Waals surface area contributed by atoms with Crippen LogP contribution in [0.3, 0.4) is 0 Å². The topological polar surface area (TPSA) is 84.6 Å². The van der Waals surface area contributed by atoms with E-state index in [1.807, 2.05) is 0 Å². The average Bonchev–Trinajstić information content (AvgIpc) is 2.89. The standard InChI is InChI=1S/C16H17N3O3/c1-9-10(2)12(5-4-11(9)8-17)19-14(21)16(3)13(20)6-7-18(16)15(19)22/h4-5,13,20H,6-7H2,1-3H3/t13-,16?/m0/s1. The van der Waals surface area contributed by atoms with Gasteiger partial charge in [0.2, 0.25) is 0 Å². The van der Waals surface area contributed by atoms with E-state index >= 15 is 0 Å². The molecular weight excluding hydrogens is 282 g/mol. The summed E-state index contributed by atoms with van der Waals surface area (Å²) in [5.74, 6) is -0.408. The van der Waals surface area contributed by atoms with Gasteiger partial charge in [-0.05, 0) is 50.5 Å². The van der Waals surface area contributed by atoms with Gasteiger partial charge in [-0.25, -0.2) is 9.69 Å². The molecular formula is C16H17N3O3. The van der Waals surface area contributed by atoms with Gasteiger partial charge in [0, 0.05) is 6.54 Å². The molecule has 1 aromatic rings. The molecule has 0 spiro atoms. The second-order valence-corrected chi connectivity index (χ2v) is 6.02. The zero-order valence-electron chi connectivity index (χ0n) is 12.8. The van der Waals surface area contributed by atoms with E-state index in [0.29, 0.717) is 24.2 Å². The highest BCUT2D eigenvalue weighted by Gasteiger charge is 2.61. The molecule has 2 heterocycles. The molecule has 0 bridgehead atoms. The number of anilines is 1. The number of rotatable bonds is 1. The van der Waals surface area contributed by atoms with E-state index in [1.165, 1.54) is 4.90 Å². The van der Waals surface area contributed by atoms with Crippen LogP contribution in [0.1, 0.15) is 30.0 Å². The van der Waals surface area contributed by atoms with Crippen LogP contribution in [0.5, 0.6) is 0 Å². The molecule has 2 aliphatic heterocycles. The Morgan fingerprint density at radius 3 is 2.59 bits per heavy atom. The number of aliphatic hydroxyl groups is 1. The number of fused-ring (bicyclic) bond motifs is 1. The van der Waals surface area contributed by atoms with E-state index in [1.54, 1.807) is 32.9 Å². The largest absolute Gasteiger partial charge is 0.390 e. The molecule has 2 fully saturated rings. The summed E-state index contributed by atoms with van der Waals surface area (Å²) in [6, 6.07) is 4.92. The van der Waals surface area contributed by atoms with Crippen LogP contribution in [-0.4, -0.2) is 40.1 Å². The molecule has 2 aliphatic rings. The van der Waals surface area contributed by atoms with Crippen LogP contribution in [0, 0.1) is 25.2 Å². The predicted molar refractivity (Wildman–Crippen MR) is 79.2 cm³/mol. The fourth-order valence-electron chi connectivity index (χ4n) is 3.31. The number of carbonyl (C=O) groups excluding carboxylic acids is 2. The molecule has 3 rings (SSSR count). The number of nitrogens with zero attached hydrogens (tertiary/aromatic N) is 3. The number of amides is 3. The van der Waals surface area contributed by atoms with Crippen molar-refractivity contribution in [2.45, 2.75) is 38.8 Å². The molecule has 1 aromatic carbocycles. The summed E-state index contributed by atoms with van der Waals surface area (Å²) in [4.78, 5) is 28.0. The van der Waals surface area contributed by atoms with Gasteiger partial charge in [0.05, 0.1) is 23.4 Å². The Hall–Kier alpha value is -2.39. The molecule has 0 radical (unpaired) electrons. The highest BCUT2D eigenvalue weighted by atomic mass is 16.3. The maximum absolute atomic E-state index is 12.8.